The second-order valence-corrected chi connectivity index (χ2v) is 7.22. The maximum Gasteiger partial charge on any atom is 0.261 e. The number of nitrogens with one attached hydrogen (secondary N) is 1. The lowest BCUT2D eigenvalue weighted by molar-refractivity contribution is 0.0938. The molecule has 4 nitrogen and oxygen atoms in total. The minimum absolute atomic E-state index is 0.00745. The Morgan fingerprint density at radius 2 is 2.04 bits per heavy atom. The van der Waals surface area contributed by atoms with Gasteiger partial charge in [0.1, 0.15) is 5.76 Å². The van der Waals surface area contributed by atoms with Gasteiger partial charge in [-0.3, -0.25) is 9.69 Å². The van der Waals surface area contributed by atoms with Gasteiger partial charge in [-0.25, -0.2) is 0 Å². The van der Waals surface area contributed by atoms with Gasteiger partial charge in [-0.2, -0.15) is 0 Å². The molecule has 0 radical (unpaired) electrons. The van der Waals surface area contributed by atoms with Gasteiger partial charge < -0.3 is 9.73 Å². The first-order valence-corrected chi connectivity index (χ1v) is 9.17. The van der Waals surface area contributed by atoms with Gasteiger partial charge >= 0.3 is 0 Å². The molecule has 1 aromatic carbocycles. The van der Waals surface area contributed by atoms with Crippen LogP contribution in [0, 0.1) is 0 Å². The summed E-state index contributed by atoms with van der Waals surface area (Å²) in [6, 6.07) is 14.1. The van der Waals surface area contributed by atoms with Crippen LogP contribution in [0.4, 0.5) is 0 Å². The van der Waals surface area contributed by atoms with E-state index in [1.165, 1.54) is 24.2 Å². The molecule has 1 fully saturated rings. The summed E-state index contributed by atoms with van der Waals surface area (Å²) in [6.07, 6.45) is 4.12. The summed E-state index contributed by atoms with van der Waals surface area (Å²) in [7, 11) is 0. The van der Waals surface area contributed by atoms with Gasteiger partial charge in [0.05, 0.1) is 17.2 Å². The van der Waals surface area contributed by atoms with Gasteiger partial charge in [-0.1, -0.05) is 18.2 Å². The lowest BCUT2D eigenvalue weighted by Gasteiger charge is -2.25. The Labute approximate surface area is 145 Å². The summed E-state index contributed by atoms with van der Waals surface area (Å²) >= 11 is 1.54. The molecule has 0 bridgehead atoms. The maximum absolute atomic E-state index is 12.6. The van der Waals surface area contributed by atoms with Gasteiger partial charge in [-0.15, -0.1) is 11.3 Å². The quantitative estimate of drug-likeness (QED) is 0.762. The highest BCUT2D eigenvalue weighted by Gasteiger charge is 2.26. The Hall–Kier alpha value is -2.11. The van der Waals surface area contributed by atoms with E-state index in [1.807, 2.05) is 42.5 Å². The van der Waals surface area contributed by atoms with E-state index in [0.717, 1.165) is 33.8 Å². The molecule has 0 saturated carbocycles. The summed E-state index contributed by atoms with van der Waals surface area (Å²) in [6.45, 7) is 2.69. The van der Waals surface area contributed by atoms with Gasteiger partial charge in [-0.05, 0) is 55.6 Å². The molecular formula is C19H20N2O2S. The Morgan fingerprint density at radius 1 is 1.21 bits per heavy atom. The molecule has 124 valence electrons. The predicted molar refractivity (Wildman–Crippen MR) is 96.4 cm³/mol. The van der Waals surface area contributed by atoms with Crippen LogP contribution in [0.3, 0.4) is 0 Å². The fourth-order valence-corrected chi connectivity index (χ4v) is 4.29. The molecule has 5 heteroatoms. The molecule has 1 N–H and O–H groups in total. The zero-order valence-electron chi connectivity index (χ0n) is 13.4. The van der Waals surface area contributed by atoms with E-state index in [0.29, 0.717) is 6.54 Å². The Morgan fingerprint density at radius 3 is 2.79 bits per heavy atom. The number of hydrogen-bond donors (Lipinski definition) is 1. The van der Waals surface area contributed by atoms with Crippen molar-refractivity contribution in [1.29, 1.82) is 0 Å². The summed E-state index contributed by atoms with van der Waals surface area (Å²) in [5, 5.41) is 4.22. The molecule has 4 rings (SSSR count). The molecule has 0 unspecified atom stereocenters. The van der Waals surface area contributed by atoms with Crippen molar-refractivity contribution >= 4 is 27.3 Å². The number of carbonyl (C=O) groups is 1. The van der Waals surface area contributed by atoms with Crippen LogP contribution in [0.15, 0.2) is 53.1 Å². The zero-order chi connectivity index (χ0) is 16.4. The minimum Gasteiger partial charge on any atom is -0.468 e. The molecule has 1 amide bonds. The third-order valence-corrected chi connectivity index (χ3v) is 5.67. The van der Waals surface area contributed by atoms with E-state index >= 15 is 0 Å². The summed E-state index contributed by atoms with van der Waals surface area (Å²) in [5.41, 5.74) is 0. The topological polar surface area (TPSA) is 45.5 Å². The number of thiophene rings is 1. The van der Waals surface area contributed by atoms with E-state index in [9.17, 15) is 4.79 Å². The lowest BCUT2D eigenvalue weighted by atomic mass is 10.2. The number of benzene rings is 1. The summed E-state index contributed by atoms with van der Waals surface area (Å²) in [5.74, 6) is 0.917. The fraction of sp³-hybridized carbons (Fsp3) is 0.316. The van der Waals surface area contributed by atoms with Crippen LogP contribution in [-0.2, 0) is 0 Å². The minimum atomic E-state index is -0.00745. The largest absolute Gasteiger partial charge is 0.468 e. The number of furan rings is 1. The lowest BCUT2D eigenvalue weighted by Crippen LogP contribution is -2.36. The third-order valence-electron chi connectivity index (χ3n) is 4.56. The van der Waals surface area contributed by atoms with Crippen LogP contribution in [0.25, 0.3) is 10.1 Å². The molecular weight excluding hydrogens is 320 g/mol. The van der Waals surface area contributed by atoms with Crippen molar-refractivity contribution in [3.8, 4) is 0 Å². The fourth-order valence-electron chi connectivity index (χ4n) is 3.31. The van der Waals surface area contributed by atoms with Crippen LogP contribution in [-0.4, -0.2) is 30.4 Å². The smallest absolute Gasteiger partial charge is 0.261 e. The highest BCUT2D eigenvalue weighted by Crippen LogP contribution is 2.27. The Bertz CT molecular complexity index is 786. The zero-order valence-corrected chi connectivity index (χ0v) is 14.2. The SMILES string of the molecule is O=C(NC[C@@H](c1ccco1)N1CCCC1)c1cc2ccccc2s1. The van der Waals surface area contributed by atoms with E-state index in [-0.39, 0.29) is 11.9 Å². The van der Waals surface area contributed by atoms with Crippen molar-refractivity contribution in [3.05, 3.63) is 59.4 Å². The van der Waals surface area contributed by atoms with E-state index in [2.05, 4.69) is 10.2 Å². The maximum atomic E-state index is 12.6. The van der Waals surface area contributed by atoms with Crippen molar-refractivity contribution < 1.29 is 9.21 Å². The molecule has 1 atom stereocenters. The van der Waals surface area contributed by atoms with E-state index < -0.39 is 0 Å². The summed E-state index contributed by atoms with van der Waals surface area (Å²) < 4.78 is 6.75. The number of likely N-dealkylation sites (tertiary alicyclic amines) is 1. The monoisotopic (exact) mass is 340 g/mol. The first-order valence-electron chi connectivity index (χ1n) is 8.35. The highest BCUT2D eigenvalue weighted by molar-refractivity contribution is 7.20. The van der Waals surface area contributed by atoms with Crippen LogP contribution < -0.4 is 5.32 Å². The first-order chi connectivity index (χ1) is 11.8. The molecule has 3 aromatic rings. The van der Waals surface area contributed by atoms with Gasteiger partial charge in [0, 0.05) is 11.2 Å². The number of amides is 1. The van der Waals surface area contributed by atoms with E-state index in [1.54, 1.807) is 6.26 Å². The van der Waals surface area contributed by atoms with Crippen LogP contribution in [0.5, 0.6) is 0 Å². The van der Waals surface area contributed by atoms with E-state index in [4.69, 9.17) is 4.42 Å². The highest BCUT2D eigenvalue weighted by atomic mass is 32.1. The standard InChI is InChI=1S/C19H20N2O2S/c22-19(18-12-14-6-1-2-8-17(14)24-18)20-13-15(16-7-5-11-23-16)21-9-3-4-10-21/h1-2,5-8,11-12,15H,3-4,9-10,13H2,(H,20,22)/t15-/m0/s1. The number of nitrogens with zero attached hydrogens (tertiary/aromatic N) is 1. The molecule has 1 aliphatic rings. The second kappa shape index (κ2) is 6.79. The van der Waals surface area contributed by atoms with Crippen LogP contribution in [0.2, 0.25) is 0 Å². The number of fused-ring (bicyclic) bond motifs is 1. The van der Waals surface area contributed by atoms with Crippen LogP contribution >= 0.6 is 11.3 Å². The second-order valence-electron chi connectivity index (χ2n) is 6.13. The molecule has 2 aromatic heterocycles. The predicted octanol–water partition coefficient (Wildman–Crippen LogP) is 4.06. The molecule has 0 aliphatic carbocycles. The number of rotatable bonds is 5. The molecule has 1 saturated heterocycles. The third kappa shape index (κ3) is 3.09. The Kier molecular flexibility index (Phi) is 4.36. The van der Waals surface area contributed by atoms with Crippen molar-refractivity contribution in [2.24, 2.45) is 0 Å². The normalized spacial score (nSPS) is 16.5. The molecule has 3 heterocycles. The summed E-state index contributed by atoms with van der Waals surface area (Å²) in [4.78, 5) is 15.7. The van der Waals surface area contributed by atoms with Crippen molar-refractivity contribution in [1.82, 2.24) is 10.2 Å². The average Bonchev–Trinajstić information content (AvgIpc) is 3.35. The Balaban J connectivity index is 1.48. The van der Waals surface area contributed by atoms with Gasteiger partial charge in [0.2, 0.25) is 0 Å². The van der Waals surface area contributed by atoms with Crippen molar-refractivity contribution in [2.45, 2.75) is 18.9 Å². The molecule has 1 aliphatic heterocycles. The van der Waals surface area contributed by atoms with Gasteiger partial charge in [0.25, 0.3) is 5.91 Å². The molecule has 24 heavy (non-hydrogen) atoms. The first kappa shape index (κ1) is 15.4. The molecule has 0 spiro atoms. The number of hydrogen-bond acceptors (Lipinski definition) is 4. The van der Waals surface area contributed by atoms with Crippen LogP contribution in [0.1, 0.15) is 34.3 Å². The number of carbonyl (C=O) groups excluding carboxylic acids is 1. The van der Waals surface area contributed by atoms with Crippen molar-refractivity contribution in [3.63, 3.8) is 0 Å². The van der Waals surface area contributed by atoms with Gasteiger partial charge in [0.15, 0.2) is 0 Å². The average molecular weight is 340 g/mol. The van der Waals surface area contributed by atoms with Crippen molar-refractivity contribution in [2.75, 3.05) is 19.6 Å².